The van der Waals surface area contributed by atoms with Crippen LogP contribution in [-0.2, 0) is 11.3 Å². The van der Waals surface area contributed by atoms with Crippen molar-refractivity contribution < 1.29 is 9.53 Å². The molecular weight excluding hydrogens is 264 g/mol. The Hall–Kier alpha value is -1.26. The number of hydrogen-bond acceptors (Lipinski definition) is 3. The number of nitrogens with two attached hydrogens (primary N) is 1. The summed E-state index contributed by atoms with van der Waals surface area (Å²) >= 11 is 0. The van der Waals surface area contributed by atoms with Gasteiger partial charge >= 0.3 is 0 Å². The molecule has 19 heavy (non-hydrogen) atoms. The summed E-state index contributed by atoms with van der Waals surface area (Å²) < 4.78 is 5.09. The van der Waals surface area contributed by atoms with Gasteiger partial charge in [-0.1, -0.05) is 25.5 Å². The zero-order chi connectivity index (χ0) is 13.5. The van der Waals surface area contributed by atoms with E-state index in [-0.39, 0.29) is 18.3 Å². The predicted molar refractivity (Wildman–Crippen MR) is 79.6 cm³/mol. The van der Waals surface area contributed by atoms with Gasteiger partial charge in [-0.15, -0.1) is 12.4 Å². The Morgan fingerprint density at radius 3 is 2.42 bits per heavy atom. The lowest BCUT2D eigenvalue weighted by atomic mass is 10.1. The summed E-state index contributed by atoms with van der Waals surface area (Å²) in [5, 5.41) is 0. The van der Waals surface area contributed by atoms with Crippen molar-refractivity contribution in [2.75, 3.05) is 14.2 Å². The molecule has 4 nitrogen and oxygen atoms in total. The van der Waals surface area contributed by atoms with Gasteiger partial charge in [0.1, 0.15) is 5.75 Å². The minimum Gasteiger partial charge on any atom is -0.497 e. The number of benzene rings is 1. The second-order valence-electron chi connectivity index (χ2n) is 4.44. The molecule has 0 radical (unpaired) electrons. The van der Waals surface area contributed by atoms with Crippen LogP contribution >= 0.6 is 12.4 Å². The third-order valence-electron chi connectivity index (χ3n) is 2.87. The molecule has 0 spiro atoms. The Morgan fingerprint density at radius 1 is 1.37 bits per heavy atom. The van der Waals surface area contributed by atoms with E-state index in [0.29, 0.717) is 6.54 Å². The standard InChI is InChI=1S/C14H22N2O2.ClH/c1-4-5-13(15)14(17)16(2)10-11-6-8-12(18-3)9-7-11;/h6-9,13H,4-5,10,15H2,1-3H3;1H. The van der Waals surface area contributed by atoms with Crippen molar-refractivity contribution >= 4 is 18.3 Å². The van der Waals surface area contributed by atoms with Crippen molar-refractivity contribution in [1.29, 1.82) is 0 Å². The number of halogens is 1. The third-order valence-corrected chi connectivity index (χ3v) is 2.87. The van der Waals surface area contributed by atoms with Gasteiger partial charge in [0.15, 0.2) is 0 Å². The molecule has 0 aliphatic rings. The molecule has 0 saturated carbocycles. The summed E-state index contributed by atoms with van der Waals surface area (Å²) in [6, 6.07) is 7.29. The molecule has 0 aromatic heterocycles. The van der Waals surface area contributed by atoms with E-state index in [1.165, 1.54) is 0 Å². The molecule has 5 heteroatoms. The van der Waals surface area contributed by atoms with E-state index in [4.69, 9.17) is 10.5 Å². The Bertz CT molecular complexity index is 382. The normalized spacial score (nSPS) is 11.4. The number of methoxy groups -OCH3 is 1. The zero-order valence-corrected chi connectivity index (χ0v) is 12.6. The molecule has 2 N–H and O–H groups in total. The van der Waals surface area contributed by atoms with Crippen LogP contribution in [0.3, 0.4) is 0 Å². The smallest absolute Gasteiger partial charge is 0.239 e. The summed E-state index contributed by atoms with van der Waals surface area (Å²) in [4.78, 5) is 13.6. The Morgan fingerprint density at radius 2 is 1.95 bits per heavy atom. The van der Waals surface area contributed by atoms with Crippen molar-refractivity contribution in [2.45, 2.75) is 32.4 Å². The van der Waals surface area contributed by atoms with Gasteiger partial charge in [-0.3, -0.25) is 4.79 Å². The van der Waals surface area contributed by atoms with E-state index in [2.05, 4.69) is 0 Å². The van der Waals surface area contributed by atoms with Gasteiger partial charge in [0.05, 0.1) is 13.2 Å². The lowest BCUT2D eigenvalue weighted by Gasteiger charge is -2.21. The van der Waals surface area contributed by atoms with Crippen LogP contribution in [0, 0.1) is 0 Å². The van der Waals surface area contributed by atoms with Crippen LogP contribution in [0.4, 0.5) is 0 Å². The van der Waals surface area contributed by atoms with Crippen LogP contribution in [0.25, 0.3) is 0 Å². The van der Waals surface area contributed by atoms with Crippen molar-refractivity contribution in [2.24, 2.45) is 5.73 Å². The molecule has 108 valence electrons. The maximum atomic E-state index is 11.9. The first-order chi connectivity index (χ1) is 8.58. The van der Waals surface area contributed by atoms with Gasteiger partial charge in [-0.2, -0.15) is 0 Å². The van der Waals surface area contributed by atoms with Crippen LogP contribution in [-0.4, -0.2) is 31.0 Å². The third kappa shape index (κ3) is 5.49. The largest absolute Gasteiger partial charge is 0.497 e. The van der Waals surface area contributed by atoms with E-state index in [0.717, 1.165) is 24.2 Å². The molecule has 1 unspecified atom stereocenters. The maximum Gasteiger partial charge on any atom is 0.239 e. The van der Waals surface area contributed by atoms with E-state index >= 15 is 0 Å². The molecule has 0 bridgehead atoms. The number of hydrogen-bond donors (Lipinski definition) is 1. The van der Waals surface area contributed by atoms with E-state index < -0.39 is 6.04 Å². The van der Waals surface area contributed by atoms with Gasteiger partial charge in [0.25, 0.3) is 0 Å². The molecular formula is C14H23ClN2O2. The summed E-state index contributed by atoms with van der Waals surface area (Å²) in [5.74, 6) is 0.808. The summed E-state index contributed by atoms with van der Waals surface area (Å²) in [5.41, 5.74) is 6.88. The molecule has 0 heterocycles. The first-order valence-corrected chi connectivity index (χ1v) is 6.22. The van der Waals surface area contributed by atoms with Crippen LogP contribution in [0.5, 0.6) is 5.75 Å². The Kier molecular flexibility index (Phi) is 8.19. The van der Waals surface area contributed by atoms with Gasteiger partial charge in [0.2, 0.25) is 5.91 Å². The van der Waals surface area contributed by atoms with Crippen LogP contribution in [0.1, 0.15) is 25.3 Å². The number of amides is 1. The quantitative estimate of drug-likeness (QED) is 0.872. The fourth-order valence-electron chi connectivity index (χ4n) is 1.80. The van der Waals surface area contributed by atoms with Gasteiger partial charge in [0, 0.05) is 13.6 Å². The fraction of sp³-hybridized carbons (Fsp3) is 0.500. The van der Waals surface area contributed by atoms with Gasteiger partial charge < -0.3 is 15.4 Å². The zero-order valence-electron chi connectivity index (χ0n) is 11.8. The molecule has 0 fully saturated rings. The number of carbonyl (C=O) groups is 1. The van der Waals surface area contributed by atoms with Crippen LogP contribution in [0.2, 0.25) is 0 Å². The minimum absolute atomic E-state index is 0. The topological polar surface area (TPSA) is 55.6 Å². The highest BCUT2D eigenvalue weighted by atomic mass is 35.5. The Labute approximate surface area is 121 Å². The predicted octanol–water partition coefficient (Wildman–Crippen LogP) is 2.20. The van der Waals surface area contributed by atoms with Crippen molar-refractivity contribution in [1.82, 2.24) is 4.90 Å². The van der Waals surface area contributed by atoms with Gasteiger partial charge in [-0.25, -0.2) is 0 Å². The second-order valence-corrected chi connectivity index (χ2v) is 4.44. The molecule has 1 rings (SSSR count). The minimum atomic E-state index is -0.391. The summed E-state index contributed by atoms with van der Waals surface area (Å²) in [6.07, 6.45) is 1.65. The van der Waals surface area contributed by atoms with Gasteiger partial charge in [-0.05, 0) is 24.1 Å². The lowest BCUT2D eigenvalue weighted by molar-refractivity contribution is -0.131. The van der Waals surface area contributed by atoms with Crippen molar-refractivity contribution in [3.05, 3.63) is 29.8 Å². The lowest BCUT2D eigenvalue weighted by Crippen LogP contribution is -2.41. The maximum absolute atomic E-state index is 11.9. The highest BCUT2D eigenvalue weighted by Crippen LogP contribution is 2.13. The number of carbonyl (C=O) groups excluding carboxylic acids is 1. The number of rotatable bonds is 6. The summed E-state index contributed by atoms with van der Waals surface area (Å²) in [7, 11) is 3.41. The highest BCUT2D eigenvalue weighted by Gasteiger charge is 2.16. The average molecular weight is 287 g/mol. The van der Waals surface area contributed by atoms with Crippen molar-refractivity contribution in [3.8, 4) is 5.75 Å². The monoisotopic (exact) mass is 286 g/mol. The molecule has 0 aliphatic carbocycles. The van der Waals surface area contributed by atoms with E-state index in [9.17, 15) is 4.79 Å². The van der Waals surface area contributed by atoms with Crippen LogP contribution < -0.4 is 10.5 Å². The number of ether oxygens (including phenoxy) is 1. The highest BCUT2D eigenvalue weighted by molar-refractivity contribution is 5.85. The second kappa shape index (κ2) is 8.77. The SMILES string of the molecule is CCCC(N)C(=O)N(C)Cc1ccc(OC)cc1.Cl. The fourth-order valence-corrected chi connectivity index (χ4v) is 1.80. The molecule has 1 aromatic rings. The number of likely N-dealkylation sites (N-methyl/N-ethyl adjacent to an activating group) is 1. The summed E-state index contributed by atoms with van der Waals surface area (Å²) in [6.45, 7) is 2.59. The molecule has 1 atom stereocenters. The Balaban J connectivity index is 0.00000324. The first kappa shape index (κ1) is 17.7. The molecule has 1 amide bonds. The average Bonchev–Trinajstić information content (AvgIpc) is 2.39. The van der Waals surface area contributed by atoms with E-state index in [1.54, 1.807) is 19.1 Å². The molecule has 1 aromatic carbocycles. The number of nitrogens with zero attached hydrogens (tertiary/aromatic N) is 1. The van der Waals surface area contributed by atoms with Crippen LogP contribution in [0.15, 0.2) is 24.3 Å². The first-order valence-electron chi connectivity index (χ1n) is 6.22. The molecule has 0 aliphatic heterocycles. The molecule has 0 saturated heterocycles. The van der Waals surface area contributed by atoms with E-state index in [1.807, 2.05) is 31.2 Å². The van der Waals surface area contributed by atoms with Crippen molar-refractivity contribution in [3.63, 3.8) is 0 Å².